The number of primary amides is 1. The minimum atomic E-state index is -0.464. The van der Waals surface area contributed by atoms with Gasteiger partial charge in [-0.1, -0.05) is 32.0 Å². The number of carbonyl (C=O) groups is 1. The highest BCUT2D eigenvalue weighted by atomic mass is 127. The van der Waals surface area contributed by atoms with E-state index < -0.39 is 5.91 Å². The highest BCUT2D eigenvalue weighted by molar-refractivity contribution is 14.1. The summed E-state index contributed by atoms with van der Waals surface area (Å²) >= 11 is 8.95. The maximum atomic E-state index is 12.0. The number of rotatable bonds is 6. The summed E-state index contributed by atoms with van der Waals surface area (Å²) in [6.07, 6.45) is 0.668. The lowest BCUT2D eigenvalue weighted by Gasteiger charge is -2.25. The molecular weight excluding hydrogens is 461 g/mol. The number of fused-ring (bicyclic) bond motifs is 2. The van der Waals surface area contributed by atoms with Gasteiger partial charge in [0.05, 0.1) is 22.1 Å². The third kappa shape index (κ3) is 3.66. The quantitative estimate of drug-likeness (QED) is 0.243. The molecule has 0 bridgehead atoms. The molecule has 1 unspecified atom stereocenters. The second kappa shape index (κ2) is 8.06. The van der Waals surface area contributed by atoms with E-state index in [4.69, 9.17) is 22.3 Å². The van der Waals surface area contributed by atoms with Crippen LogP contribution in [-0.2, 0) is 6.42 Å². The van der Waals surface area contributed by atoms with Crippen LogP contribution in [0, 0.1) is 3.57 Å². The fourth-order valence-corrected chi connectivity index (χ4v) is 4.42. The predicted octanol–water partition coefficient (Wildman–Crippen LogP) is 4.54. The molecule has 1 atom stereocenters. The molecule has 0 aliphatic carbocycles. The lowest BCUT2D eigenvalue weighted by Crippen LogP contribution is -2.32. The Morgan fingerprint density at radius 1 is 1.23 bits per heavy atom. The Balaban J connectivity index is 2.31. The number of para-hydroxylation sites is 1. The topological polar surface area (TPSA) is 59.2 Å². The standard InChI is InChI=1S/C20H21ClIN3O/c1-3-25(4-2)18(21)11-14-13-7-5-6-8-17(13)24-19-15(14)9-12(22)10-16(19)20(23)26/h5-10,18H,3-4,11H2,1-2H3,(H2,23,26). The van der Waals surface area contributed by atoms with Crippen molar-refractivity contribution in [3.8, 4) is 0 Å². The van der Waals surface area contributed by atoms with Crippen molar-refractivity contribution >= 4 is 61.9 Å². The first-order valence-corrected chi connectivity index (χ1v) is 10.2. The van der Waals surface area contributed by atoms with E-state index in [0.717, 1.165) is 38.5 Å². The van der Waals surface area contributed by atoms with Crippen LogP contribution < -0.4 is 5.73 Å². The lowest BCUT2D eigenvalue weighted by molar-refractivity contribution is 0.100. The molecule has 0 saturated carbocycles. The zero-order chi connectivity index (χ0) is 18.8. The average Bonchev–Trinajstić information content (AvgIpc) is 2.62. The SMILES string of the molecule is CCN(CC)C(Cl)Cc1c2ccccc2nc2c(C(N)=O)cc(I)cc12. The van der Waals surface area contributed by atoms with Gasteiger partial charge in [-0.05, 0) is 59.4 Å². The van der Waals surface area contributed by atoms with Crippen molar-refractivity contribution < 1.29 is 4.79 Å². The number of pyridine rings is 1. The van der Waals surface area contributed by atoms with Gasteiger partial charge in [-0.15, -0.1) is 11.6 Å². The first-order valence-electron chi connectivity index (χ1n) is 8.65. The van der Waals surface area contributed by atoms with Gasteiger partial charge in [0, 0.05) is 20.8 Å². The minimum Gasteiger partial charge on any atom is -0.366 e. The Morgan fingerprint density at radius 2 is 1.92 bits per heavy atom. The van der Waals surface area contributed by atoms with E-state index in [1.54, 1.807) is 6.07 Å². The molecule has 2 N–H and O–H groups in total. The Hall–Kier alpha value is -1.44. The van der Waals surface area contributed by atoms with Gasteiger partial charge < -0.3 is 5.73 Å². The molecule has 1 heterocycles. The van der Waals surface area contributed by atoms with Gasteiger partial charge >= 0.3 is 0 Å². The van der Waals surface area contributed by atoms with Gasteiger partial charge in [0.2, 0.25) is 0 Å². The summed E-state index contributed by atoms with van der Waals surface area (Å²) in [5.74, 6) is -0.464. The highest BCUT2D eigenvalue weighted by Gasteiger charge is 2.20. The smallest absolute Gasteiger partial charge is 0.250 e. The van der Waals surface area contributed by atoms with Gasteiger partial charge in [0.15, 0.2) is 0 Å². The van der Waals surface area contributed by atoms with E-state index in [2.05, 4.69) is 53.5 Å². The van der Waals surface area contributed by atoms with Crippen LogP contribution in [0.4, 0.5) is 0 Å². The largest absolute Gasteiger partial charge is 0.366 e. The summed E-state index contributed by atoms with van der Waals surface area (Å²) in [5, 5.41) is 2.01. The molecule has 0 spiro atoms. The molecule has 0 saturated heterocycles. The second-order valence-electron chi connectivity index (χ2n) is 6.18. The number of benzene rings is 2. The Morgan fingerprint density at radius 3 is 2.58 bits per heavy atom. The number of alkyl halides is 1. The average molecular weight is 482 g/mol. The van der Waals surface area contributed by atoms with Gasteiger partial charge in [-0.25, -0.2) is 4.98 Å². The number of likely N-dealkylation sites (N-methyl/N-ethyl adjacent to an activating group) is 1. The zero-order valence-corrected chi connectivity index (χ0v) is 17.7. The molecule has 0 fully saturated rings. The van der Waals surface area contributed by atoms with Crippen LogP contribution >= 0.6 is 34.2 Å². The summed E-state index contributed by atoms with van der Waals surface area (Å²) < 4.78 is 0.955. The summed E-state index contributed by atoms with van der Waals surface area (Å²) in [6, 6.07) is 11.8. The Kier molecular flexibility index (Phi) is 5.99. The molecule has 3 aromatic rings. The van der Waals surface area contributed by atoms with Crippen LogP contribution in [0.15, 0.2) is 36.4 Å². The third-order valence-corrected chi connectivity index (χ3v) is 5.76. The van der Waals surface area contributed by atoms with Crippen LogP contribution in [0.25, 0.3) is 21.8 Å². The van der Waals surface area contributed by atoms with Crippen molar-refractivity contribution in [2.75, 3.05) is 13.1 Å². The Bertz CT molecular complexity index is 972. The van der Waals surface area contributed by atoms with E-state index >= 15 is 0 Å². The van der Waals surface area contributed by atoms with Crippen molar-refractivity contribution in [2.45, 2.75) is 25.8 Å². The van der Waals surface area contributed by atoms with E-state index in [9.17, 15) is 4.79 Å². The Labute approximate surface area is 171 Å². The third-order valence-electron chi connectivity index (χ3n) is 4.71. The predicted molar refractivity (Wildman–Crippen MR) is 117 cm³/mol. The first kappa shape index (κ1) is 19.3. The molecule has 0 aliphatic heterocycles. The van der Waals surface area contributed by atoms with Gasteiger partial charge in [0.1, 0.15) is 0 Å². The highest BCUT2D eigenvalue weighted by Crippen LogP contribution is 2.31. The van der Waals surface area contributed by atoms with E-state index in [1.807, 2.05) is 18.2 Å². The number of amides is 1. The van der Waals surface area contributed by atoms with Crippen molar-refractivity contribution in [1.82, 2.24) is 9.88 Å². The first-order chi connectivity index (χ1) is 12.5. The van der Waals surface area contributed by atoms with Crippen molar-refractivity contribution in [2.24, 2.45) is 5.73 Å². The van der Waals surface area contributed by atoms with E-state index in [-0.39, 0.29) is 5.50 Å². The number of nitrogens with two attached hydrogens (primary N) is 1. The fourth-order valence-electron chi connectivity index (χ4n) is 3.37. The maximum absolute atomic E-state index is 12.0. The van der Waals surface area contributed by atoms with Crippen LogP contribution in [0.3, 0.4) is 0 Å². The molecule has 0 aliphatic rings. The zero-order valence-electron chi connectivity index (χ0n) is 14.8. The van der Waals surface area contributed by atoms with Gasteiger partial charge in [0.25, 0.3) is 5.91 Å². The van der Waals surface area contributed by atoms with Gasteiger partial charge in [-0.2, -0.15) is 0 Å². The number of hydrogen-bond acceptors (Lipinski definition) is 3. The summed E-state index contributed by atoms with van der Waals surface area (Å²) in [4.78, 5) is 18.9. The fraction of sp³-hybridized carbons (Fsp3) is 0.300. The number of aromatic nitrogens is 1. The monoisotopic (exact) mass is 481 g/mol. The maximum Gasteiger partial charge on any atom is 0.250 e. The van der Waals surface area contributed by atoms with Crippen molar-refractivity contribution in [3.63, 3.8) is 0 Å². The van der Waals surface area contributed by atoms with Crippen LogP contribution in [0.5, 0.6) is 0 Å². The summed E-state index contributed by atoms with van der Waals surface area (Å²) in [7, 11) is 0. The minimum absolute atomic E-state index is 0.131. The molecule has 2 aromatic carbocycles. The molecule has 136 valence electrons. The molecule has 4 nitrogen and oxygen atoms in total. The van der Waals surface area contributed by atoms with Crippen LogP contribution in [0.1, 0.15) is 29.8 Å². The van der Waals surface area contributed by atoms with Crippen LogP contribution in [0.2, 0.25) is 0 Å². The molecule has 1 amide bonds. The van der Waals surface area contributed by atoms with Crippen LogP contribution in [-0.4, -0.2) is 34.4 Å². The van der Waals surface area contributed by atoms with Gasteiger partial charge in [-0.3, -0.25) is 9.69 Å². The molecule has 1 aromatic heterocycles. The molecular formula is C20H21ClIN3O. The van der Waals surface area contributed by atoms with E-state index in [1.165, 1.54) is 0 Å². The number of carbonyl (C=O) groups excluding carboxylic acids is 1. The summed E-state index contributed by atoms with van der Waals surface area (Å²) in [6.45, 7) is 5.98. The second-order valence-corrected chi connectivity index (χ2v) is 7.93. The van der Waals surface area contributed by atoms with Crippen molar-refractivity contribution in [1.29, 1.82) is 0 Å². The molecule has 3 rings (SSSR count). The van der Waals surface area contributed by atoms with E-state index in [0.29, 0.717) is 17.5 Å². The molecule has 0 radical (unpaired) electrons. The van der Waals surface area contributed by atoms with Crippen molar-refractivity contribution in [3.05, 3.63) is 51.1 Å². The lowest BCUT2D eigenvalue weighted by atomic mass is 9.97. The molecule has 6 heteroatoms. The number of hydrogen-bond donors (Lipinski definition) is 1. The number of nitrogens with zero attached hydrogens (tertiary/aromatic N) is 2. The summed E-state index contributed by atoms with van der Waals surface area (Å²) in [5.41, 5.74) is 8.55. The number of halogens is 2. The normalized spacial score (nSPS) is 12.8. The molecule has 26 heavy (non-hydrogen) atoms.